The standard InChI is InChI=1S/C20H27FN4OS/c1-2-22-20(23-13-15-5-6-18(21)16(12-15)14-26)24-17-7-9-25(10-8-17)19-4-3-11-27-19/h3-6,11-12,17,26H,2,7-10,13-14H2,1H3,(H2,22,23,24). The number of aliphatic imine (C=N–C) groups is 1. The Kier molecular flexibility index (Phi) is 7.06. The topological polar surface area (TPSA) is 59.9 Å². The van der Waals surface area contributed by atoms with E-state index in [1.54, 1.807) is 23.5 Å². The number of guanidine groups is 1. The second kappa shape index (κ2) is 9.71. The predicted molar refractivity (Wildman–Crippen MR) is 110 cm³/mol. The van der Waals surface area contributed by atoms with Gasteiger partial charge < -0.3 is 20.6 Å². The highest BCUT2D eigenvalue weighted by molar-refractivity contribution is 7.14. The minimum absolute atomic E-state index is 0.301. The number of hydrogen-bond acceptors (Lipinski definition) is 4. The Morgan fingerprint density at radius 2 is 2.15 bits per heavy atom. The molecule has 0 atom stereocenters. The van der Waals surface area contributed by atoms with E-state index in [-0.39, 0.29) is 12.4 Å². The number of piperidine rings is 1. The predicted octanol–water partition coefficient (Wildman–Crippen LogP) is 3.10. The molecule has 5 nitrogen and oxygen atoms in total. The molecule has 0 amide bonds. The minimum atomic E-state index is -0.382. The van der Waals surface area contributed by atoms with Crippen LogP contribution in [0.1, 0.15) is 30.9 Å². The molecule has 0 bridgehead atoms. The molecule has 1 fully saturated rings. The van der Waals surface area contributed by atoms with Crippen molar-refractivity contribution in [2.45, 2.75) is 39.0 Å². The third kappa shape index (κ3) is 5.43. The maximum Gasteiger partial charge on any atom is 0.191 e. The maximum atomic E-state index is 13.5. The fourth-order valence-corrected chi connectivity index (χ4v) is 4.01. The molecule has 1 aliphatic rings. The van der Waals surface area contributed by atoms with Crippen LogP contribution in [0.3, 0.4) is 0 Å². The molecule has 3 N–H and O–H groups in total. The van der Waals surface area contributed by atoms with Gasteiger partial charge >= 0.3 is 0 Å². The van der Waals surface area contributed by atoms with Crippen molar-refractivity contribution >= 4 is 22.3 Å². The highest BCUT2D eigenvalue weighted by Crippen LogP contribution is 2.24. The van der Waals surface area contributed by atoms with E-state index in [9.17, 15) is 9.50 Å². The summed E-state index contributed by atoms with van der Waals surface area (Å²) < 4.78 is 13.5. The molecule has 0 saturated carbocycles. The first-order valence-corrected chi connectivity index (χ1v) is 10.3. The van der Waals surface area contributed by atoms with Crippen LogP contribution in [0.5, 0.6) is 0 Å². The summed E-state index contributed by atoms with van der Waals surface area (Å²) in [6.45, 7) is 5.04. The normalized spacial score (nSPS) is 15.8. The number of benzene rings is 1. The van der Waals surface area contributed by atoms with E-state index in [1.165, 1.54) is 11.1 Å². The number of hydrogen-bond donors (Lipinski definition) is 3. The van der Waals surface area contributed by atoms with E-state index < -0.39 is 0 Å². The van der Waals surface area contributed by atoms with E-state index >= 15 is 0 Å². The number of thiophene rings is 1. The van der Waals surface area contributed by atoms with Crippen molar-refractivity contribution in [3.8, 4) is 0 Å². The molecule has 27 heavy (non-hydrogen) atoms. The van der Waals surface area contributed by atoms with Crippen LogP contribution in [-0.4, -0.2) is 36.7 Å². The van der Waals surface area contributed by atoms with Gasteiger partial charge in [-0.15, -0.1) is 11.3 Å². The smallest absolute Gasteiger partial charge is 0.191 e. The van der Waals surface area contributed by atoms with Crippen molar-refractivity contribution in [1.29, 1.82) is 0 Å². The Morgan fingerprint density at radius 1 is 1.33 bits per heavy atom. The van der Waals surface area contributed by atoms with Gasteiger partial charge in [-0.25, -0.2) is 9.38 Å². The minimum Gasteiger partial charge on any atom is -0.392 e. The van der Waals surface area contributed by atoms with Crippen LogP contribution in [0.4, 0.5) is 9.39 Å². The van der Waals surface area contributed by atoms with E-state index in [4.69, 9.17) is 0 Å². The molecular weight excluding hydrogens is 363 g/mol. The summed E-state index contributed by atoms with van der Waals surface area (Å²) in [4.78, 5) is 7.06. The molecule has 1 aromatic heterocycles. The lowest BCUT2D eigenvalue weighted by Crippen LogP contribution is -2.48. The fourth-order valence-electron chi connectivity index (χ4n) is 3.23. The average Bonchev–Trinajstić information content (AvgIpc) is 3.22. The Labute approximate surface area is 163 Å². The van der Waals surface area contributed by atoms with E-state index in [1.807, 2.05) is 6.92 Å². The fraction of sp³-hybridized carbons (Fsp3) is 0.450. The number of halogens is 1. The number of nitrogens with zero attached hydrogens (tertiary/aromatic N) is 2. The summed E-state index contributed by atoms with van der Waals surface area (Å²) in [6.07, 6.45) is 2.13. The lowest BCUT2D eigenvalue weighted by atomic mass is 10.1. The lowest BCUT2D eigenvalue weighted by Gasteiger charge is -2.33. The summed E-state index contributed by atoms with van der Waals surface area (Å²) in [6, 6.07) is 9.42. The quantitative estimate of drug-likeness (QED) is 0.524. The van der Waals surface area contributed by atoms with Gasteiger partial charge in [0, 0.05) is 31.2 Å². The number of aliphatic hydroxyl groups excluding tert-OH is 1. The van der Waals surface area contributed by atoms with E-state index in [0.29, 0.717) is 18.2 Å². The van der Waals surface area contributed by atoms with Gasteiger partial charge in [0.1, 0.15) is 5.82 Å². The molecule has 7 heteroatoms. The molecule has 2 aromatic rings. The molecular formula is C20H27FN4OS. The monoisotopic (exact) mass is 390 g/mol. The Hall–Kier alpha value is -2.12. The third-order valence-corrected chi connectivity index (χ3v) is 5.63. The molecule has 1 aliphatic heterocycles. The van der Waals surface area contributed by atoms with Gasteiger partial charge in [-0.3, -0.25) is 0 Å². The van der Waals surface area contributed by atoms with Crippen LogP contribution in [0.15, 0.2) is 40.7 Å². The van der Waals surface area contributed by atoms with Gasteiger partial charge in [0.2, 0.25) is 0 Å². The molecule has 0 aliphatic carbocycles. The molecule has 0 unspecified atom stereocenters. The van der Waals surface area contributed by atoms with Gasteiger partial charge in [-0.2, -0.15) is 0 Å². The van der Waals surface area contributed by atoms with Crippen molar-refractivity contribution in [3.05, 3.63) is 52.7 Å². The number of anilines is 1. The molecule has 146 valence electrons. The summed E-state index contributed by atoms with van der Waals surface area (Å²) in [7, 11) is 0. The second-order valence-electron chi connectivity index (χ2n) is 6.64. The van der Waals surface area contributed by atoms with Crippen molar-refractivity contribution in [2.24, 2.45) is 4.99 Å². The van der Waals surface area contributed by atoms with Gasteiger partial charge in [0.05, 0.1) is 18.2 Å². The Morgan fingerprint density at radius 3 is 2.81 bits per heavy atom. The zero-order valence-corrected chi connectivity index (χ0v) is 16.4. The van der Waals surface area contributed by atoms with Crippen LogP contribution in [0.25, 0.3) is 0 Å². The molecule has 3 rings (SSSR count). The third-order valence-electron chi connectivity index (χ3n) is 4.70. The summed E-state index contributed by atoms with van der Waals surface area (Å²) in [5.41, 5.74) is 1.19. The Balaban J connectivity index is 1.56. The zero-order chi connectivity index (χ0) is 19.1. The van der Waals surface area contributed by atoms with Gasteiger partial charge in [-0.1, -0.05) is 6.07 Å². The average molecular weight is 391 g/mol. The maximum absolute atomic E-state index is 13.5. The number of nitrogens with one attached hydrogen (secondary N) is 2. The van der Waals surface area contributed by atoms with Crippen molar-refractivity contribution in [1.82, 2.24) is 10.6 Å². The van der Waals surface area contributed by atoms with Gasteiger partial charge in [0.15, 0.2) is 5.96 Å². The molecule has 0 spiro atoms. The first kappa shape index (κ1) is 19.6. The SMILES string of the molecule is CCNC(=NCc1ccc(F)c(CO)c1)NC1CCN(c2cccs2)CC1. The van der Waals surface area contributed by atoms with Crippen LogP contribution in [-0.2, 0) is 13.2 Å². The largest absolute Gasteiger partial charge is 0.392 e. The number of rotatable bonds is 6. The molecule has 0 radical (unpaired) electrons. The molecule has 1 saturated heterocycles. The Bertz CT molecular complexity index is 742. The first-order valence-electron chi connectivity index (χ1n) is 9.41. The van der Waals surface area contributed by atoms with Crippen molar-refractivity contribution < 1.29 is 9.50 Å². The van der Waals surface area contributed by atoms with E-state index in [2.05, 4.69) is 38.0 Å². The summed E-state index contributed by atoms with van der Waals surface area (Å²) >= 11 is 1.79. The van der Waals surface area contributed by atoms with Gasteiger partial charge in [-0.05, 0) is 55.0 Å². The molecule has 2 heterocycles. The van der Waals surface area contributed by atoms with Crippen LogP contribution >= 0.6 is 11.3 Å². The van der Waals surface area contributed by atoms with Crippen molar-refractivity contribution in [2.75, 3.05) is 24.5 Å². The summed E-state index contributed by atoms with van der Waals surface area (Å²) in [5, 5.41) is 19.5. The number of aliphatic hydroxyl groups is 1. The van der Waals surface area contributed by atoms with Crippen LogP contribution in [0, 0.1) is 5.82 Å². The first-order chi connectivity index (χ1) is 13.2. The van der Waals surface area contributed by atoms with Crippen LogP contribution in [0.2, 0.25) is 0 Å². The van der Waals surface area contributed by atoms with Crippen molar-refractivity contribution in [3.63, 3.8) is 0 Å². The van der Waals surface area contributed by atoms with Crippen LogP contribution < -0.4 is 15.5 Å². The lowest BCUT2D eigenvalue weighted by molar-refractivity contribution is 0.275. The van der Waals surface area contributed by atoms with E-state index in [0.717, 1.165) is 44.0 Å². The van der Waals surface area contributed by atoms with Gasteiger partial charge in [0.25, 0.3) is 0 Å². The highest BCUT2D eigenvalue weighted by Gasteiger charge is 2.20. The summed E-state index contributed by atoms with van der Waals surface area (Å²) in [5.74, 6) is 0.398. The zero-order valence-electron chi connectivity index (χ0n) is 15.6. The molecule has 1 aromatic carbocycles. The second-order valence-corrected chi connectivity index (χ2v) is 7.56. The highest BCUT2D eigenvalue weighted by atomic mass is 32.1.